The maximum Gasteiger partial charge on any atom is 0.232 e. The van der Waals surface area contributed by atoms with Gasteiger partial charge in [-0.25, -0.2) is 0 Å². The molecule has 2 rings (SSSR count). The number of methoxy groups -OCH3 is 2. The number of nitrogens with zero attached hydrogens (tertiary/aromatic N) is 3. The molecular weight excluding hydrogens is 232 g/mol. The van der Waals surface area contributed by atoms with Crippen molar-refractivity contribution in [3.63, 3.8) is 0 Å². The Bertz CT molecular complexity index is 400. The summed E-state index contributed by atoms with van der Waals surface area (Å²) < 4.78 is 10.4. The number of hydrogen-bond donors (Lipinski definition) is 1. The Morgan fingerprint density at radius 2 is 1.83 bits per heavy atom. The van der Waals surface area contributed by atoms with Crippen LogP contribution >= 0.6 is 0 Å². The summed E-state index contributed by atoms with van der Waals surface area (Å²) in [4.78, 5) is 11.0. The summed E-state index contributed by atoms with van der Waals surface area (Å²) in [6.07, 6.45) is 0. The second-order valence-corrected chi connectivity index (χ2v) is 4.89. The summed E-state index contributed by atoms with van der Waals surface area (Å²) in [6, 6.07) is 1.68. The van der Waals surface area contributed by atoms with E-state index in [1.807, 2.05) is 0 Å². The lowest BCUT2D eigenvalue weighted by Crippen LogP contribution is -2.58. The molecule has 0 aromatic carbocycles. The third-order valence-electron chi connectivity index (χ3n) is 3.13. The Morgan fingerprint density at radius 1 is 1.22 bits per heavy atom. The summed E-state index contributed by atoms with van der Waals surface area (Å²) >= 11 is 0. The van der Waals surface area contributed by atoms with Gasteiger partial charge in [0.2, 0.25) is 17.7 Å². The first-order valence-corrected chi connectivity index (χ1v) is 6.02. The molecule has 1 aromatic rings. The van der Waals surface area contributed by atoms with Gasteiger partial charge in [0.15, 0.2) is 0 Å². The molecule has 2 heterocycles. The molecule has 6 heteroatoms. The van der Waals surface area contributed by atoms with Gasteiger partial charge in [0, 0.05) is 25.2 Å². The standard InChI is InChI=1S/C12H20N4O2/c1-12(2)8-13-5-6-16(12)11-14-9(17-3)7-10(15-11)18-4/h7,13H,5-6,8H2,1-4H3. The van der Waals surface area contributed by atoms with Gasteiger partial charge >= 0.3 is 0 Å². The van der Waals surface area contributed by atoms with Gasteiger partial charge in [0.05, 0.1) is 20.3 Å². The van der Waals surface area contributed by atoms with Crippen LogP contribution in [0.5, 0.6) is 11.8 Å². The second-order valence-electron chi connectivity index (χ2n) is 4.89. The second kappa shape index (κ2) is 4.97. The molecule has 100 valence electrons. The fourth-order valence-corrected chi connectivity index (χ4v) is 2.08. The van der Waals surface area contributed by atoms with Gasteiger partial charge in [-0.1, -0.05) is 0 Å². The van der Waals surface area contributed by atoms with Crippen molar-refractivity contribution in [2.75, 3.05) is 38.8 Å². The first-order valence-electron chi connectivity index (χ1n) is 6.02. The number of rotatable bonds is 3. The lowest BCUT2D eigenvalue weighted by Gasteiger charge is -2.42. The number of nitrogens with one attached hydrogen (secondary N) is 1. The third-order valence-corrected chi connectivity index (χ3v) is 3.13. The van der Waals surface area contributed by atoms with Crippen molar-refractivity contribution < 1.29 is 9.47 Å². The molecule has 0 radical (unpaired) electrons. The molecule has 0 spiro atoms. The highest BCUT2D eigenvalue weighted by molar-refractivity contribution is 5.40. The molecule has 1 N–H and O–H groups in total. The zero-order valence-electron chi connectivity index (χ0n) is 11.4. The minimum absolute atomic E-state index is 0.0321. The molecule has 1 fully saturated rings. The molecule has 1 aliphatic heterocycles. The molecule has 0 aliphatic carbocycles. The van der Waals surface area contributed by atoms with Crippen LogP contribution in [0, 0.1) is 0 Å². The molecule has 1 aromatic heterocycles. The molecule has 1 saturated heterocycles. The molecular formula is C12H20N4O2. The summed E-state index contributed by atoms with van der Waals surface area (Å²) in [7, 11) is 3.18. The van der Waals surface area contributed by atoms with E-state index in [9.17, 15) is 0 Å². The Morgan fingerprint density at radius 3 is 2.33 bits per heavy atom. The van der Waals surface area contributed by atoms with Crippen molar-refractivity contribution in [2.24, 2.45) is 0 Å². The van der Waals surface area contributed by atoms with Crippen molar-refractivity contribution in [2.45, 2.75) is 19.4 Å². The van der Waals surface area contributed by atoms with E-state index in [0.29, 0.717) is 17.7 Å². The first kappa shape index (κ1) is 12.9. The fourth-order valence-electron chi connectivity index (χ4n) is 2.08. The van der Waals surface area contributed by atoms with Crippen LogP contribution in [0.3, 0.4) is 0 Å². The largest absolute Gasteiger partial charge is 0.481 e. The van der Waals surface area contributed by atoms with Crippen molar-refractivity contribution in [1.82, 2.24) is 15.3 Å². The highest BCUT2D eigenvalue weighted by atomic mass is 16.5. The van der Waals surface area contributed by atoms with Crippen LogP contribution in [-0.2, 0) is 0 Å². The van der Waals surface area contributed by atoms with Gasteiger partial charge in [0.25, 0.3) is 0 Å². The predicted octanol–water partition coefficient (Wildman–Crippen LogP) is 0.682. The molecule has 0 unspecified atom stereocenters. The number of piperazine rings is 1. The van der Waals surface area contributed by atoms with Crippen LogP contribution in [0.2, 0.25) is 0 Å². The van der Waals surface area contributed by atoms with Gasteiger partial charge in [-0.2, -0.15) is 9.97 Å². The maximum atomic E-state index is 5.18. The monoisotopic (exact) mass is 252 g/mol. The zero-order valence-corrected chi connectivity index (χ0v) is 11.4. The Hall–Kier alpha value is -1.56. The highest BCUT2D eigenvalue weighted by Crippen LogP contribution is 2.26. The third kappa shape index (κ3) is 2.48. The molecule has 0 saturated carbocycles. The SMILES string of the molecule is COc1cc(OC)nc(N2CCNCC2(C)C)n1. The predicted molar refractivity (Wildman–Crippen MR) is 69.4 cm³/mol. The smallest absolute Gasteiger partial charge is 0.232 e. The van der Waals surface area contributed by atoms with Crippen molar-refractivity contribution in [3.8, 4) is 11.8 Å². The normalized spacial score (nSPS) is 18.6. The van der Waals surface area contributed by atoms with E-state index in [4.69, 9.17) is 9.47 Å². The summed E-state index contributed by atoms with van der Waals surface area (Å²) in [5.74, 6) is 1.69. The average molecular weight is 252 g/mol. The fraction of sp³-hybridized carbons (Fsp3) is 0.667. The van der Waals surface area contributed by atoms with Crippen LogP contribution in [0.4, 0.5) is 5.95 Å². The van der Waals surface area contributed by atoms with E-state index in [1.165, 1.54) is 0 Å². The van der Waals surface area contributed by atoms with Crippen LogP contribution in [-0.4, -0.2) is 49.4 Å². The molecule has 0 amide bonds. The van der Waals surface area contributed by atoms with E-state index in [0.717, 1.165) is 19.6 Å². The summed E-state index contributed by atoms with van der Waals surface area (Å²) in [5, 5.41) is 3.37. The summed E-state index contributed by atoms with van der Waals surface area (Å²) in [5.41, 5.74) is -0.0321. The van der Waals surface area contributed by atoms with Crippen LogP contribution < -0.4 is 19.7 Å². The van der Waals surface area contributed by atoms with E-state index >= 15 is 0 Å². The van der Waals surface area contributed by atoms with Crippen molar-refractivity contribution >= 4 is 5.95 Å². The Kier molecular flexibility index (Phi) is 3.56. The van der Waals surface area contributed by atoms with Gasteiger partial charge in [-0.15, -0.1) is 0 Å². The maximum absolute atomic E-state index is 5.18. The van der Waals surface area contributed by atoms with Crippen LogP contribution in [0.1, 0.15) is 13.8 Å². The highest BCUT2D eigenvalue weighted by Gasteiger charge is 2.32. The number of aromatic nitrogens is 2. The van der Waals surface area contributed by atoms with Crippen LogP contribution in [0.15, 0.2) is 6.07 Å². The number of hydrogen-bond acceptors (Lipinski definition) is 6. The Labute approximate surface area is 107 Å². The van der Waals surface area contributed by atoms with E-state index in [1.54, 1.807) is 20.3 Å². The van der Waals surface area contributed by atoms with Gasteiger partial charge < -0.3 is 19.7 Å². The minimum atomic E-state index is -0.0321. The van der Waals surface area contributed by atoms with E-state index in [-0.39, 0.29) is 5.54 Å². The quantitative estimate of drug-likeness (QED) is 0.853. The number of anilines is 1. The molecule has 18 heavy (non-hydrogen) atoms. The van der Waals surface area contributed by atoms with Gasteiger partial charge in [-0.3, -0.25) is 0 Å². The van der Waals surface area contributed by atoms with E-state index < -0.39 is 0 Å². The van der Waals surface area contributed by atoms with Crippen molar-refractivity contribution in [3.05, 3.63) is 6.07 Å². The molecule has 1 aliphatic rings. The molecule has 0 bridgehead atoms. The van der Waals surface area contributed by atoms with Crippen molar-refractivity contribution in [1.29, 1.82) is 0 Å². The van der Waals surface area contributed by atoms with E-state index in [2.05, 4.69) is 34.0 Å². The minimum Gasteiger partial charge on any atom is -0.481 e. The average Bonchev–Trinajstić information content (AvgIpc) is 2.37. The lowest BCUT2D eigenvalue weighted by atomic mass is 10.0. The Balaban J connectivity index is 2.36. The number of ether oxygens (including phenoxy) is 2. The van der Waals surface area contributed by atoms with Gasteiger partial charge in [0.1, 0.15) is 0 Å². The summed E-state index contributed by atoms with van der Waals surface area (Å²) in [6.45, 7) is 7.01. The van der Waals surface area contributed by atoms with Gasteiger partial charge in [-0.05, 0) is 13.8 Å². The molecule has 0 atom stereocenters. The van der Waals surface area contributed by atoms with Crippen LogP contribution in [0.25, 0.3) is 0 Å². The molecule has 6 nitrogen and oxygen atoms in total. The first-order chi connectivity index (χ1) is 8.56. The lowest BCUT2D eigenvalue weighted by molar-refractivity contribution is 0.353. The zero-order chi connectivity index (χ0) is 13.2. The topological polar surface area (TPSA) is 59.5 Å².